The van der Waals surface area contributed by atoms with E-state index in [0.717, 1.165) is 34.6 Å². The number of aromatic nitrogens is 2. The Hall–Kier alpha value is -1.16. The molecule has 1 heterocycles. The quantitative estimate of drug-likeness (QED) is 0.806. The first kappa shape index (κ1) is 11.0. The van der Waals surface area contributed by atoms with E-state index in [4.69, 9.17) is 0 Å². The molecule has 1 aliphatic carbocycles. The van der Waals surface area contributed by atoms with Gasteiger partial charge in [0, 0.05) is 28.9 Å². The molecule has 0 aliphatic heterocycles. The molecule has 2 aromatic rings. The van der Waals surface area contributed by atoms with Crippen LogP contribution in [0.25, 0.3) is 10.9 Å². The van der Waals surface area contributed by atoms with Crippen molar-refractivity contribution in [1.82, 2.24) is 9.78 Å². The first-order valence-electron chi connectivity index (χ1n) is 5.88. The molecule has 0 saturated heterocycles. The van der Waals surface area contributed by atoms with Gasteiger partial charge in [-0.25, -0.2) is 0 Å². The van der Waals surface area contributed by atoms with Gasteiger partial charge in [0.05, 0.1) is 11.6 Å². The fraction of sp³-hybridized carbons (Fsp3) is 0.385. The predicted molar refractivity (Wildman–Crippen MR) is 69.9 cm³/mol. The van der Waals surface area contributed by atoms with Crippen LogP contribution >= 0.6 is 15.9 Å². The molecule has 4 heteroatoms. The fourth-order valence-electron chi connectivity index (χ4n) is 2.43. The average Bonchev–Trinajstić information content (AvgIpc) is 2.72. The zero-order chi connectivity index (χ0) is 11.8. The van der Waals surface area contributed by atoms with Crippen LogP contribution in [-0.2, 0) is 4.79 Å². The molecular weight excluding hydrogens is 280 g/mol. The molecule has 1 aliphatic rings. The zero-order valence-corrected chi connectivity index (χ0v) is 11.0. The van der Waals surface area contributed by atoms with Gasteiger partial charge in [-0.3, -0.25) is 9.48 Å². The lowest BCUT2D eigenvalue weighted by molar-refractivity contribution is -0.121. The highest BCUT2D eigenvalue weighted by Crippen LogP contribution is 2.27. The summed E-state index contributed by atoms with van der Waals surface area (Å²) in [7, 11) is 0. The lowest BCUT2D eigenvalue weighted by atomic mass is 9.94. The number of benzene rings is 1. The van der Waals surface area contributed by atoms with Gasteiger partial charge in [0.25, 0.3) is 0 Å². The molecule has 0 spiro atoms. The Morgan fingerprint density at radius 1 is 1.41 bits per heavy atom. The SMILES string of the molecule is O=C1CCCC(n2cc3cc(Br)ccc3n2)C1. The van der Waals surface area contributed by atoms with Crippen LogP contribution in [0.5, 0.6) is 0 Å². The normalized spacial score (nSPS) is 21.0. The molecule has 1 unspecified atom stereocenters. The Balaban J connectivity index is 1.97. The van der Waals surface area contributed by atoms with Crippen molar-refractivity contribution in [3.05, 3.63) is 28.9 Å². The van der Waals surface area contributed by atoms with Crippen molar-refractivity contribution in [2.75, 3.05) is 0 Å². The Labute approximate surface area is 108 Å². The molecule has 1 atom stereocenters. The summed E-state index contributed by atoms with van der Waals surface area (Å²) >= 11 is 3.46. The topological polar surface area (TPSA) is 34.9 Å². The molecule has 1 saturated carbocycles. The largest absolute Gasteiger partial charge is 0.300 e. The summed E-state index contributed by atoms with van der Waals surface area (Å²) in [6.07, 6.45) is 5.46. The maximum absolute atomic E-state index is 11.5. The monoisotopic (exact) mass is 292 g/mol. The summed E-state index contributed by atoms with van der Waals surface area (Å²) in [6.45, 7) is 0. The second-order valence-electron chi connectivity index (χ2n) is 4.60. The third-order valence-corrected chi connectivity index (χ3v) is 3.81. The molecule has 0 amide bonds. The van der Waals surface area contributed by atoms with Crippen LogP contribution in [0.15, 0.2) is 28.9 Å². The van der Waals surface area contributed by atoms with Crippen LogP contribution in [-0.4, -0.2) is 15.6 Å². The van der Waals surface area contributed by atoms with Gasteiger partial charge in [0.1, 0.15) is 5.78 Å². The first-order chi connectivity index (χ1) is 8.22. The van der Waals surface area contributed by atoms with Crippen molar-refractivity contribution in [1.29, 1.82) is 0 Å². The Bertz CT molecular complexity index is 576. The van der Waals surface area contributed by atoms with Crippen molar-refractivity contribution >= 4 is 32.6 Å². The summed E-state index contributed by atoms with van der Waals surface area (Å²) in [5.74, 6) is 0.363. The average molecular weight is 293 g/mol. The lowest BCUT2D eigenvalue weighted by Gasteiger charge is -2.20. The van der Waals surface area contributed by atoms with Gasteiger partial charge in [-0.1, -0.05) is 15.9 Å². The Morgan fingerprint density at radius 3 is 3.12 bits per heavy atom. The second-order valence-corrected chi connectivity index (χ2v) is 5.52. The van der Waals surface area contributed by atoms with Crippen LogP contribution in [0.1, 0.15) is 31.7 Å². The third-order valence-electron chi connectivity index (χ3n) is 3.31. The summed E-state index contributed by atoms with van der Waals surface area (Å²) in [6, 6.07) is 6.30. The zero-order valence-electron chi connectivity index (χ0n) is 9.40. The molecule has 88 valence electrons. The lowest BCUT2D eigenvalue weighted by Crippen LogP contribution is -2.19. The van der Waals surface area contributed by atoms with E-state index in [1.54, 1.807) is 0 Å². The number of rotatable bonds is 1. The number of nitrogens with zero attached hydrogens (tertiary/aromatic N) is 2. The van der Waals surface area contributed by atoms with Gasteiger partial charge < -0.3 is 0 Å². The highest BCUT2D eigenvalue weighted by Gasteiger charge is 2.21. The highest BCUT2D eigenvalue weighted by atomic mass is 79.9. The standard InChI is InChI=1S/C13H13BrN2O/c14-10-4-5-13-9(6-10)8-16(15-13)11-2-1-3-12(17)7-11/h4-6,8,11H,1-3,7H2. The number of carbonyl (C=O) groups is 1. The van der Waals surface area contributed by atoms with E-state index in [0.29, 0.717) is 12.2 Å². The molecule has 17 heavy (non-hydrogen) atoms. The maximum Gasteiger partial charge on any atom is 0.135 e. The number of ketones is 1. The fourth-order valence-corrected chi connectivity index (χ4v) is 2.81. The van der Waals surface area contributed by atoms with Gasteiger partial charge in [0.15, 0.2) is 0 Å². The Morgan fingerprint density at radius 2 is 2.29 bits per heavy atom. The minimum Gasteiger partial charge on any atom is -0.300 e. The molecular formula is C13H13BrN2O. The molecule has 0 radical (unpaired) electrons. The second kappa shape index (κ2) is 4.26. The van der Waals surface area contributed by atoms with Crippen LogP contribution in [0.4, 0.5) is 0 Å². The number of hydrogen-bond donors (Lipinski definition) is 0. The van der Waals surface area contributed by atoms with Crippen molar-refractivity contribution in [3.63, 3.8) is 0 Å². The van der Waals surface area contributed by atoms with E-state index < -0.39 is 0 Å². The number of halogens is 1. The van der Waals surface area contributed by atoms with E-state index in [9.17, 15) is 4.79 Å². The molecule has 3 rings (SSSR count). The highest BCUT2D eigenvalue weighted by molar-refractivity contribution is 9.10. The molecule has 0 N–H and O–H groups in total. The number of carbonyl (C=O) groups excluding carboxylic acids is 1. The third kappa shape index (κ3) is 2.14. The number of Topliss-reactive ketones (excluding diaryl/α,β-unsaturated/α-hetero) is 1. The number of fused-ring (bicyclic) bond motifs is 1. The van der Waals surface area contributed by atoms with E-state index >= 15 is 0 Å². The van der Waals surface area contributed by atoms with Crippen molar-refractivity contribution in [3.8, 4) is 0 Å². The van der Waals surface area contributed by atoms with Gasteiger partial charge in [0.2, 0.25) is 0 Å². The van der Waals surface area contributed by atoms with E-state index in [1.807, 2.05) is 23.0 Å². The summed E-state index contributed by atoms with van der Waals surface area (Å²) in [5, 5.41) is 5.68. The van der Waals surface area contributed by atoms with Crippen LogP contribution < -0.4 is 0 Å². The first-order valence-corrected chi connectivity index (χ1v) is 6.68. The maximum atomic E-state index is 11.5. The summed E-state index contributed by atoms with van der Waals surface area (Å²) < 4.78 is 3.03. The summed E-state index contributed by atoms with van der Waals surface area (Å²) in [4.78, 5) is 11.5. The minimum atomic E-state index is 0.252. The molecule has 1 aromatic carbocycles. The predicted octanol–water partition coefficient (Wildman–Crippen LogP) is 3.48. The molecule has 1 aromatic heterocycles. The van der Waals surface area contributed by atoms with Crippen molar-refractivity contribution in [2.45, 2.75) is 31.7 Å². The molecule has 1 fully saturated rings. The van der Waals surface area contributed by atoms with Gasteiger partial charge in [-0.05, 0) is 31.0 Å². The summed E-state index contributed by atoms with van der Waals surface area (Å²) in [5.41, 5.74) is 0.992. The van der Waals surface area contributed by atoms with Crippen LogP contribution in [0.2, 0.25) is 0 Å². The van der Waals surface area contributed by atoms with Gasteiger partial charge in [-0.15, -0.1) is 0 Å². The Kier molecular flexibility index (Phi) is 2.74. The smallest absolute Gasteiger partial charge is 0.135 e. The van der Waals surface area contributed by atoms with Crippen LogP contribution in [0, 0.1) is 0 Å². The molecule has 0 bridgehead atoms. The number of hydrogen-bond acceptors (Lipinski definition) is 2. The molecule has 3 nitrogen and oxygen atoms in total. The minimum absolute atomic E-state index is 0.252. The van der Waals surface area contributed by atoms with E-state index in [-0.39, 0.29) is 6.04 Å². The van der Waals surface area contributed by atoms with E-state index in [1.165, 1.54) is 0 Å². The van der Waals surface area contributed by atoms with E-state index in [2.05, 4.69) is 27.1 Å². The van der Waals surface area contributed by atoms with Gasteiger partial charge in [-0.2, -0.15) is 5.10 Å². The van der Waals surface area contributed by atoms with Crippen LogP contribution in [0.3, 0.4) is 0 Å². The van der Waals surface area contributed by atoms with Gasteiger partial charge >= 0.3 is 0 Å². The van der Waals surface area contributed by atoms with Crippen molar-refractivity contribution in [2.24, 2.45) is 0 Å². The van der Waals surface area contributed by atoms with Crippen molar-refractivity contribution < 1.29 is 4.79 Å².